The molecule has 1 aromatic carbocycles. The number of nitrogens with zero attached hydrogens (tertiary/aromatic N) is 1. The Balaban J connectivity index is 1.79. The Labute approximate surface area is 163 Å². The van der Waals surface area contributed by atoms with Gasteiger partial charge in [0.2, 0.25) is 0 Å². The summed E-state index contributed by atoms with van der Waals surface area (Å²) in [4.78, 5) is 27.4. The van der Waals surface area contributed by atoms with Gasteiger partial charge in [-0.15, -0.1) is 0 Å². The molecule has 1 aliphatic rings. The standard InChI is InChI=1S/C21H34N4O2/c1-16-10-12-25(13-11-16)18-8-6-17(7-9-18)22-19(26)14-24(5)15-20(27)23-21(2,3)4/h6-9,16H,10-15H2,1-5H3,(H,22,26)(H,23,27)/p+1. The van der Waals surface area contributed by atoms with Gasteiger partial charge in [0.25, 0.3) is 11.8 Å². The maximum atomic E-state index is 12.2. The molecule has 1 unspecified atom stereocenters. The summed E-state index contributed by atoms with van der Waals surface area (Å²) in [5.41, 5.74) is 1.75. The van der Waals surface area contributed by atoms with E-state index >= 15 is 0 Å². The minimum atomic E-state index is -0.256. The lowest BCUT2D eigenvalue weighted by atomic mass is 9.99. The molecule has 0 saturated carbocycles. The fourth-order valence-corrected chi connectivity index (χ4v) is 3.30. The Kier molecular flexibility index (Phi) is 7.25. The summed E-state index contributed by atoms with van der Waals surface area (Å²) in [5.74, 6) is 0.674. The maximum Gasteiger partial charge on any atom is 0.279 e. The van der Waals surface area contributed by atoms with E-state index in [1.807, 2.05) is 40.0 Å². The first-order chi connectivity index (χ1) is 12.6. The van der Waals surface area contributed by atoms with Crippen LogP contribution < -0.4 is 20.4 Å². The van der Waals surface area contributed by atoms with Gasteiger partial charge in [-0.2, -0.15) is 0 Å². The number of benzene rings is 1. The van der Waals surface area contributed by atoms with Crippen molar-refractivity contribution in [2.24, 2.45) is 5.92 Å². The lowest BCUT2D eigenvalue weighted by Gasteiger charge is -2.32. The summed E-state index contributed by atoms with van der Waals surface area (Å²) in [7, 11) is 1.85. The minimum absolute atomic E-state index is 0.0481. The van der Waals surface area contributed by atoms with Crippen LogP contribution in [0.2, 0.25) is 0 Å². The molecule has 0 aromatic heterocycles. The molecule has 0 bridgehead atoms. The molecule has 1 aliphatic heterocycles. The third-order valence-corrected chi connectivity index (χ3v) is 4.74. The van der Waals surface area contributed by atoms with Crippen LogP contribution in [0.1, 0.15) is 40.5 Å². The van der Waals surface area contributed by atoms with E-state index < -0.39 is 0 Å². The Morgan fingerprint density at radius 3 is 2.19 bits per heavy atom. The number of piperidine rings is 1. The van der Waals surface area contributed by atoms with Crippen LogP contribution in [0.4, 0.5) is 11.4 Å². The van der Waals surface area contributed by atoms with Crippen LogP contribution in [0, 0.1) is 5.92 Å². The van der Waals surface area contributed by atoms with E-state index in [-0.39, 0.29) is 30.4 Å². The molecule has 2 rings (SSSR count). The van der Waals surface area contributed by atoms with Gasteiger partial charge in [-0.3, -0.25) is 9.59 Å². The highest BCUT2D eigenvalue weighted by molar-refractivity contribution is 5.91. The highest BCUT2D eigenvalue weighted by Gasteiger charge is 2.19. The number of anilines is 2. The molecule has 0 spiro atoms. The predicted molar refractivity (Wildman–Crippen MR) is 110 cm³/mol. The van der Waals surface area contributed by atoms with Gasteiger partial charge in [-0.25, -0.2) is 0 Å². The summed E-state index contributed by atoms with van der Waals surface area (Å²) in [5, 5.41) is 5.84. The van der Waals surface area contributed by atoms with E-state index in [4.69, 9.17) is 0 Å². The van der Waals surface area contributed by atoms with E-state index in [1.54, 1.807) is 0 Å². The summed E-state index contributed by atoms with van der Waals surface area (Å²) in [6, 6.07) is 8.04. The van der Waals surface area contributed by atoms with Crippen molar-refractivity contribution in [2.75, 3.05) is 43.4 Å². The number of carbonyl (C=O) groups excluding carboxylic acids is 2. The smallest absolute Gasteiger partial charge is 0.279 e. The van der Waals surface area contributed by atoms with Gasteiger partial charge in [0, 0.05) is 30.0 Å². The van der Waals surface area contributed by atoms with Gasteiger partial charge >= 0.3 is 0 Å². The zero-order chi connectivity index (χ0) is 20.0. The molecule has 3 N–H and O–H groups in total. The molecule has 1 atom stereocenters. The summed E-state index contributed by atoms with van der Waals surface area (Å²) < 4.78 is 0. The van der Waals surface area contributed by atoms with Crippen molar-refractivity contribution in [1.82, 2.24) is 5.32 Å². The third kappa shape index (κ3) is 7.59. The minimum Gasteiger partial charge on any atom is -0.372 e. The second-order valence-corrected chi connectivity index (χ2v) is 8.87. The predicted octanol–water partition coefficient (Wildman–Crippen LogP) is 1.29. The van der Waals surface area contributed by atoms with E-state index in [0.717, 1.165) is 29.6 Å². The third-order valence-electron chi connectivity index (χ3n) is 4.74. The first kappa shape index (κ1) is 21.2. The zero-order valence-electron chi connectivity index (χ0n) is 17.4. The van der Waals surface area contributed by atoms with Crippen molar-refractivity contribution in [3.05, 3.63) is 24.3 Å². The largest absolute Gasteiger partial charge is 0.372 e. The van der Waals surface area contributed by atoms with Crippen LogP contribution in [-0.2, 0) is 9.59 Å². The van der Waals surface area contributed by atoms with Crippen LogP contribution in [0.5, 0.6) is 0 Å². The lowest BCUT2D eigenvalue weighted by molar-refractivity contribution is -0.862. The van der Waals surface area contributed by atoms with Crippen molar-refractivity contribution >= 4 is 23.2 Å². The van der Waals surface area contributed by atoms with Gasteiger partial charge in [-0.1, -0.05) is 6.92 Å². The van der Waals surface area contributed by atoms with Crippen LogP contribution >= 0.6 is 0 Å². The average Bonchev–Trinajstić information content (AvgIpc) is 2.54. The summed E-state index contributed by atoms with van der Waals surface area (Å²) >= 11 is 0. The molecule has 27 heavy (non-hydrogen) atoms. The maximum absolute atomic E-state index is 12.2. The Morgan fingerprint density at radius 2 is 1.63 bits per heavy atom. The highest BCUT2D eigenvalue weighted by atomic mass is 16.2. The van der Waals surface area contributed by atoms with Gasteiger partial charge < -0.3 is 20.4 Å². The number of nitrogens with one attached hydrogen (secondary N) is 3. The molecule has 150 valence electrons. The fraction of sp³-hybridized carbons (Fsp3) is 0.619. The zero-order valence-corrected chi connectivity index (χ0v) is 17.4. The highest BCUT2D eigenvalue weighted by Crippen LogP contribution is 2.24. The molecule has 1 aromatic rings. The second-order valence-electron chi connectivity index (χ2n) is 8.87. The molecule has 6 heteroatoms. The van der Waals surface area contributed by atoms with Crippen molar-refractivity contribution in [3.63, 3.8) is 0 Å². The molecular weight excluding hydrogens is 340 g/mol. The van der Waals surface area contributed by atoms with E-state index in [0.29, 0.717) is 0 Å². The first-order valence-electron chi connectivity index (χ1n) is 9.89. The van der Waals surface area contributed by atoms with Gasteiger partial charge in [0.1, 0.15) is 0 Å². The summed E-state index contributed by atoms with van der Waals surface area (Å²) in [6.07, 6.45) is 2.47. The number of carbonyl (C=O) groups is 2. The van der Waals surface area contributed by atoms with Crippen molar-refractivity contribution in [3.8, 4) is 0 Å². The monoisotopic (exact) mass is 375 g/mol. The quantitative estimate of drug-likeness (QED) is 0.702. The molecule has 0 aliphatic carbocycles. The summed E-state index contributed by atoms with van der Waals surface area (Å²) in [6.45, 7) is 10.9. The molecule has 1 fully saturated rings. The van der Waals surface area contributed by atoms with E-state index in [2.05, 4.69) is 34.6 Å². The number of rotatable bonds is 6. The van der Waals surface area contributed by atoms with Gasteiger partial charge in [-0.05, 0) is 63.8 Å². The van der Waals surface area contributed by atoms with Crippen molar-refractivity contribution in [1.29, 1.82) is 0 Å². The Hall–Kier alpha value is -2.08. The van der Waals surface area contributed by atoms with Crippen molar-refractivity contribution < 1.29 is 14.5 Å². The van der Waals surface area contributed by atoms with Gasteiger partial charge in [0.15, 0.2) is 13.1 Å². The van der Waals surface area contributed by atoms with Crippen LogP contribution in [0.15, 0.2) is 24.3 Å². The number of hydrogen-bond donors (Lipinski definition) is 3. The SMILES string of the molecule is CC1CCN(c2ccc(NC(=O)C[NH+](C)CC(=O)NC(C)(C)C)cc2)CC1. The second kappa shape index (κ2) is 9.22. The Morgan fingerprint density at radius 1 is 1.07 bits per heavy atom. The number of hydrogen-bond acceptors (Lipinski definition) is 3. The molecule has 6 nitrogen and oxygen atoms in total. The topological polar surface area (TPSA) is 65.9 Å². The Bertz CT molecular complexity index is 629. The number of quaternary nitrogens is 1. The van der Waals surface area contributed by atoms with Crippen molar-refractivity contribution in [2.45, 2.75) is 46.1 Å². The van der Waals surface area contributed by atoms with E-state index in [9.17, 15) is 9.59 Å². The normalized spacial score (nSPS) is 16.7. The number of amides is 2. The molecular formula is C21H35N4O2+. The van der Waals surface area contributed by atoms with E-state index in [1.165, 1.54) is 18.5 Å². The van der Waals surface area contributed by atoms with Crippen LogP contribution in [0.3, 0.4) is 0 Å². The average molecular weight is 376 g/mol. The molecule has 1 saturated heterocycles. The molecule has 0 radical (unpaired) electrons. The fourth-order valence-electron chi connectivity index (χ4n) is 3.30. The van der Waals surface area contributed by atoms with Crippen LogP contribution in [-0.4, -0.2) is 50.6 Å². The molecule has 2 amide bonds. The number of likely N-dealkylation sites (N-methyl/N-ethyl adjacent to an activating group) is 1. The first-order valence-corrected chi connectivity index (χ1v) is 9.89. The van der Waals surface area contributed by atoms with Gasteiger partial charge in [0.05, 0.1) is 7.05 Å². The lowest BCUT2D eigenvalue weighted by Crippen LogP contribution is -3.11. The van der Waals surface area contributed by atoms with Crippen LogP contribution in [0.25, 0.3) is 0 Å². The molecule has 1 heterocycles.